The number of H-pyrrole nitrogens is 1. The number of hydrogen-bond acceptors (Lipinski definition) is 7. The molecule has 2 rings (SSSR count). The second-order valence-corrected chi connectivity index (χ2v) is 5.84. The van der Waals surface area contributed by atoms with Gasteiger partial charge in [0.05, 0.1) is 0 Å². The third-order valence-corrected chi connectivity index (χ3v) is 4.11. The van der Waals surface area contributed by atoms with Gasteiger partial charge >= 0.3 is 5.69 Å². The van der Waals surface area contributed by atoms with Gasteiger partial charge in [-0.15, -0.1) is 10.2 Å². The topological polar surface area (TPSA) is 88.5 Å². The minimum absolute atomic E-state index is 0.0792. The summed E-state index contributed by atoms with van der Waals surface area (Å²) >= 11 is 2.82. The van der Waals surface area contributed by atoms with Crippen LogP contribution in [0.25, 0.3) is 0 Å². The normalized spacial score (nSPS) is 11.2. The minimum atomic E-state index is -0.180. The Kier molecular flexibility index (Phi) is 4.59. The lowest BCUT2D eigenvalue weighted by molar-refractivity contribution is 0.534. The summed E-state index contributed by atoms with van der Waals surface area (Å²) < 4.78 is 5.57. The van der Waals surface area contributed by atoms with Crippen molar-refractivity contribution < 1.29 is 0 Å². The maximum atomic E-state index is 11.6. The fraction of sp³-hybridized carbons (Fsp3) is 0.600. The molecule has 0 saturated heterocycles. The van der Waals surface area contributed by atoms with E-state index in [1.165, 1.54) is 23.3 Å². The summed E-state index contributed by atoms with van der Waals surface area (Å²) in [5.74, 6) is 0.635. The van der Waals surface area contributed by atoms with Gasteiger partial charge in [0.25, 0.3) is 0 Å². The Morgan fingerprint density at radius 2 is 2.32 bits per heavy atom. The van der Waals surface area contributed by atoms with Crippen LogP contribution in [0.4, 0.5) is 5.00 Å². The molecule has 0 bridgehead atoms. The van der Waals surface area contributed by atoms with Crippen LogP contribution in [0.2, 0.25) is 0 Å². The molecule has 0 amide bonds. The number of aromatic nitrogens is 5. The maximum Gasteiger partial charge on any atom is 0.344 e. The van der Waals surface area contributed by atoms with Gasteiger partial charge in [0.2, 0.25) is 0 Å². The van der Waals surface area contributed by atoms with Crippen LogP contribution in [0, 0.1) is 0 Å². The first kappa shape index (κ1) is 14.1. The second-order valence-electron chi connectivity index (χ2n) is 4.14. The molecular weight excluding hydrogens is 284 g/mol. The van der Waals surface area contributed by atoms with Crippen LogP contribution >= 0.6 is 23.3 Å². The molecule has 2 heterocycles. The molecule has 0 aromatic carbocycles. The molecule has 0 saturated carbocycles. The number of nitrogens with zero attached hydrogens (tertiary/aromatic N) is 4. The molecule has 104 valence electrons. The minimum Gasteiger partial charge on any atom is -0.374 e. The highest BCUT2D eigenvalue weighted by Crippen LogP contribution is 2.26. The molecule has 2 aromatic rings. The van der Waals surface area contributed by atoms with Gasteiger partial charge < -0.3 is 5.32 Å². The first-order chi connectivity index (χ1) is 9.13. The molecule has 0 aliphatic rings. The average Bonchev–Trinajstić information content (AvgIpc) is 2.94. The SMILES string of the molecule is CCNc1snnc1CSc1n[nH]c(=O)n1C(C)C. The van der Waals surface area contributed by atoms with Gasteiger partial charge in [-0.3, -0.25) is 4.57 Å². The van der Waals surface area contributed by atoms with E-state index in [9.17, 15) is 4.79 Å². The maximum absolute atomic E-state index is 11.6. The Hall–Kier alpha value is -1.35. The van der Waals surface area contributed by atoms with Crippen molar-refractivity contribution in [2.45, 2.75) is 37.7 Å². The van der Waals surface area contributed by atoms with E-state index in [0.29, 0.717) is 10.9 Å². The van der Waals surface area contributed by atoms with Crippen molar-refractivity contribution in [2.75, 3.05) is 11.9 Å². The van der Waals surface area contributed by atoms with Crippen molar-refractivity contribution in [1.29, 1.82) is 0 Å². The van der Waals surface area contributed by atoms with Crippen molar-refractivity contribution in [3.8, 4) is 0 Å². The van der Waals surface area contributed by atoms with Crippen LogP contribution in [0.15, 0.2) is 9.95 Å². The first-order valence-corrected chi connectivity index (χ1v) is 7.74. The van der Waals surface area contributed by atoms with Crippen LogP contribution in [-0.2, 0) is 5.75 Å². The Labute approximate surface area is 119 Å². The van der Waals surface area contributed by atoms with E-state index in [1.54, 1.807) is 4.57 Å². The number of nitrogens with one attached hydrogen (secondary N) is 2. The summed E-state index contributed by atoms with van der Waals surface area (Å²) in [6.07, 6.45) is 0. The molecule has 7 nitrogen and oxygen atoms in total. The largest absolute Gasteiger partial charge is 0.374 e. The van der Waals surface area contributed by atoms with E-state index in [-0.39, 0.29) is 11.7 Å². The van der Waals surface area contributed by atoms with Crippen LogP contribution in [-0.4, -0.2) is 30.9 Å². The van der Waals surface area contributed by atoms with Crippen LogP contribution in [0.5, 0.6) is 0 Å². The van der Waals surface area contributed by atoms with E-state index in [2.05, 4.69) is 25.1 Å². The molecule has 19 heavy (non-hydrogen) atoms. The van der Waals surface area contributed by atoms with Gasteiger partial charge in [-0.05, 0) is 20.8 Å². The summed E-state index contributed by atoms with van der Waals surface area (Å²) in [4.78, 5) is 11.6. The van der Waals surface area contributed by atoms with Gasteiger partial charge in [-0.1, -0.05) is 16.3 Å². The second kappa shape index (κ2) is 6.20. The molecule has 2 N–H and O–H groups in total. The molecular formula is C10H16N6OS2. The zero-order valence-corrected chi connectivity index (χ0v) is 12.6. The molecule has 9 heteroatoms. The fourth-order valence-corrected chi connectivity index (χ4v) is 3.33. The highest BCUT2D eigenvalue weighted by Gasteiger charge is 2.14. The van der Waals surface area contributed by atoms with Crippen molar-refractivity contribution >= 4 is 28.3 Å². The van der Waals surface area contributed by atoms with Crippen molar-refractivity contribution in [1.82, 2.24) is 24.4 Å². The zero-order valence-electron chi connectivity index (χ0n) is 11.0. The number of anilines is 1. The average molecular weight is 300 g/mol. The third-order valence-electron chi connectivity index (χ3n) is 2.42. The van der Waals surface area contributed by atoms with E-state index in [0.717, 1.165) is 17.2 Å². The Morgan fingerprint density at radius 1 is 1.53 bits per heavy atom. The molecule has 2 aromatic heterocycles. The summed E-state index contributed by atoms with van der Waals surface area (Å²) in [5, 5.41) is 15.5. The summed E-state index contributed by atoms with van der Waals surface area (Å²) in [5.41, 5.74) is 0.711. The fourth-order valence-electron chi connectivity index (χ4n) is 1.58. The van der Waals surface area contributed by atoms with Gasteiger partial charge in [-0.2, -0.15) is 0 Å². The standard InChI is InChI=1S/C10H16N6OS2/c1-4-11-8-7(12-15-19-8)5-18-10-14-13-9(17)16(10)6(2)3/h6,11H,4-5H2,1-3H3,(H,13,17). The van der Waals surface area contributed by atoms with Gasteiger partial charge in [0, 0.05) is 29.9 Å². The van der Waals surface area contributed by atoms with E-state index >= 15 is 0 Å². The lowest BCUT2D eigenvalue weighted by Crippen LogP contribution is -2.19. The summed E-state index contributed by atoms with van der Waals surface area (Å²) in [6, 6.07) is 0.0792. The third kappa shape index (κ3) is 3.16. The van der Waals surface area contributed by atoms with Crippen molar-refractivity contribution in [3.05, 3.63) is 16.2 Å². The van der Waals surface area contributed by atoms with E-state index in [4.69, 9.17) is 0 Å². The number of rotatable bonds is 6. The lowest BCUT2D eigenvalue weighted by atomic mass is 10.4. The zero-order chi connectivity index (χ0) is 13.8. The summed E-state index contributed by atoms with van der Waals surface area (Å²) in [6.45, 7) is 6.77. The molecule has 0 spiro atoms. The molecule has 0 fully saturated rings. The lowest BCUT2D eigenvalue weighted by Gasteiger charge is -2.08. The van der Waals surface area contributed by atoms with Crippen LogP contribution < -0.4 is 11.0 Å². The number of aromatic amines is 1. The predicted molar refractivity (Wildman–Crippen MR) is 76.9 cm³/mol. The predicted octanol–water partition coefficient (Wildman–Crippen LogP) is 1.73. The van der Waals surface area contributed by atoms with Gasteiger partial charge in [0.1, 0.15) is 10.7 Å². The van der Waals surface area contributed by atoms with Crippen LogP contribution in [0.1, 0.15) is 32.5 Å². The highest BCUT2D eigenvalue weighted by atomic mass is 32.2. The first-order valence-electron chi connectivity index (χ1n) is 5.98. The monoisotopic (exact) mass is 300 g/mol. The molecule has 0 aliphatic heterocycles. The van der Waals surface area contributed by atoms with E-state index in [1.807, 2.05) is 20.8 Å². The molecule has 0 atom stereocenters. The molecule has 0 aliphatic carbocycles. The van der Waals surface area contributed by atoms with Crippen LogP contribution in [0.3, 0.4) is 0 Å². The van der Waals surface area contributed by atoms with E-state index < -0.39 is 0 Å². The van der Waals surface area contributed by atoms with Gasteiger partial charge in [-0.25, -0.2) is 9.89 Å². The smallest absolute Gasteiger partial charge is 0.344 e. The number of hydrogen-bond donors (Lipinski definition) is 2. The number of thioether (sulfide) groups is 1. The van der Waals surface area contributed by atoms with Crippen molar-refractivity contribution in [3.63, 3.8) is 0 Å². The molecule has 0 unspecified atom stereocenters. The van der Waals surface area contributed by atoms with Crippen molar-refractivity contribution in [2.24, 2.45) is 0 Å². The Balaban J connectivity index is 2.10. The Bertz CT molecular complexity index is 587. The van der Waals surface area contributed by atoms with Gasteiger partial charge in [0.15, 0.2) is 5.16 Å². The summed E-state index contributed by atoms with van der Waals surface area (Å²) in [7, 11) is 0. The molecule has 0 radical (unpaired) electrons. The quantitative estimate of drug-likeness (QED) is 0.790. The Morgan fingerprint density at radius 3 is 3.00 bits per heavy atom. The highest BCUT2D eigenvalue weighted by molar-refractivity contribution is 7.98.